The van der Waals surface area contributed by atoms with E-state index in [2.05, 4.69) is 18.2 Å². The summed E-state index contributed by atoms with van der Waals surface area (Å²) in [5, 5.41) is 11.9. The zero-order valence-corrected chi connectivity index (χ0v) is 11.1. The molecule has 0 atom stereocenters. The van der Waals surface area contributed by atoms with Crippen molar-refractivity contribution in [1.82, 2.24) is 0 Å². The van der Waals surface area contributed by atoms with Gasteiger partial charge in [-0.1, -0.05) is 36.8 Å². The second-order valence-electron chi connectivity index (χ2n) is 5.30. The van der Waals surface area contributed by atoms with Crippen LogP contribution in [0.1, 0.15) is 37.7 Å². The molecule has 0 unspecified atom stereocenters. The summed E-state index contributed by atoms with van der Waals surface area (Å²) in [4.78, 5) is 0. The van der Waals surface area contributed by atoms with E-state index >= 15 is 0 Å². The van der Waals surface area contributed by atoms with Gasteiger partial charge in [-0.2, -0.15) is 0 Å². The fourth-order valence-corrected chi connectivity index (χ4v) is 2.95. The Balaban J connectivity index is 1.93. The Kier molecular flexibility index (Phi) is 3.69. The smallest absolute Gasteiger partial charge is 0.125 e. The third kappa shape index (κ3) is 2.59. The van der Waals surface area contributed by atoms with Crippen LogP contribution in [-0.4, -0.2) is 11.2 Å². The molecule has 2 aromatic rings. The van der Waals surface area contributed by atoms with E-state index < -0.39 is 0 Å². The Labute approximate surface area is 114 Å². The monoisotopic (exact) mass is 256 g/mol. The first-order chi connectivity index (χ1) is 9.38. The number of fused-ring (bicyclic) bond motifs is 1. The SMILES string of the molecule is OCc1c(OC2CCCCC2)ccc2ccccc12. The van der Waals surface area contributed by atoms with Crippen molar-refractivity contribution in [3.8, 4) is 5.75 Å². The predicted octanol–water partition coefficient (Wildman–Crippen LogP) is 4.04. The summed E-state index contributed by atoms with van der Waals surface area (Å²) in [7, 11) is 0. The molecule has 0 saturated heterocycles. The highest BCUT2D eigenvalue weighted by Gasteiger charge is 2.17. The number of aliphatic hydroxyl groups is 1. The Bertz CT molecular complexity index is 556. The van der Waals surface area contributed by atoms with Gasteiger partial charge in [0.2, 0.25) is 0 Å². The minimum Gasteiger partial charge on any atom is -0.490 e. The molecule has 2 nitrogen and oxygen atoms in total. The standard InChI is InChI=1S/C17H20O2/c18-12-16-15-9-5-4-6-13(15)10-11-17(16)19-14-7-2-1-3-8-14/h4-6,9-11,14,18H,1-3,7-8,12H2. The average molecular weight is 256 g/mol. The molecule has 0 amide bonds. The lowest BCUT2D eigenvalue weighted by molar-refractivity contribution is 0.150. The fraction of sp³-hybridized carbons (Fsp3) is 0.412. The molecule has 19 heavy (non-hydrogen) atoms. The molecule has 0 radical (unpaired) electrons. The largest absolute Gasteiger partial charge is 0.490 e. The van der Waals surface area contributed by atoms with E-state index in [9.17, 15) is 5.11 Å². The third-order valence-corrected chi connectivity index (χ3v) is 4.00. The number of hydrogen-bond donors (Lipinski definition) is 1. The lowest BCUT2D eigenvalue weighted by atomic mass is 9.97. The van der Waals surface area contributed by atoms with Gasteiger partial charge in [-0.3, -0.25) is 0 Å². The van der Waals surface area contributed by atoms with Crippen LogP contribution in [0, 0.1) is 0 Å². The molecule has 0 spiro atoms. The van der Waals surface area contributed by atoms with Crippen molar-refractivity contribution in [2.45, 2.75) is 44.8 Å². The van der Waals surface area contributed by atoms with Crippen LogP contribution in [0.25, 0.3) is 10.8 Å². The van der Waals surface area contributed by atoms with Crippen molar-refractivity contribution in [2.75, 3.05) is 0 Å². The maximum absolute atomic E-state index is 9.67. The highest BCUT2D eigenvalue weighted by atomic mass is 16.5. The number of ether oxygens (including phenoxy) is 1. The summed E-state index contributed by atoms with van der Waals surface area (Å²) in [5.74, 6) is 0.855. The van der Waals surface area contributed by atoms with Gasteiger partial charge in [0.1, 0.15) is 5.75 Å². The lowest BCUT2D eigenvalue weighted by Crippen LogP contribution is -2.20. The van der Waals surface area contributed by atoms with Crippen LogP contribution in [0.2, 0.25) is 0 Å². The molecule has 2 aromatic carbocycles. The molecule has 100 valence electrons. The van der Waals surface area contributed by atoms with Crippen LogP contribution >= 0.6 is 0 Å². The first-order valence-electron chi connectivity index (χ1n) is 7.16. The normalized spacial score (nSPS) is 16.7. The molecule has 1 N–H and O–H groups in total. The Hall–Kier alpha value is -1.54. The van der Waals surface area contributed by atoms with Gasteiger partial charge < -0.3 is 9.84 Å². The van der Waals surface area contributed by atoms with E-state index in [1.165, 1.54) is 19.3 Å². The van der Waals surface area contributed by atoms with Crippen LogP contribution in [0.5, 0.6) is 5.75 Å². The second kappa shape index (κ2) is 5.62. The molecule has 3 rings (SSSR count). The molecule has 1 aliphatic rings. The van der Waals surface area contributed by atoms with E-state index in [4.69, 9.17) is 4.74 Å². The zero-order valence-electron chi connectivity index (χ0n) is 11.1. The highest BCUT2D eigenvalue weighted by Crippen LogP contribution is 2.31. The van der Waals surface area contributed by atoms with Crippen molar-refractivity contribution in [3.05, 3.63) is 42.0 Å². The number of benzene rings is 2. The van der Waals surface area contributed by atoms with Crippen molar-refractivity contribution in [2.24, 2.45) is 0 Å². The van der Waals surface area contributed by atoms with Gasteiger partial charge in [-0.05, 0) is 42.5 Å². The summed E-state index contributed by atoms with van der Waals surface area (Å²) < 4.78 is 6.13. The van der Waals surface area contributed by atoms with Crippen LogP contribution in [0.3, 0.4) is 0 Å². The predicted molar refractivity (Wildman–Crippen MR) is 77.4 cm³/mol. The molecule has 1 aliphatic carbocycles. The number of rotatable bonds is 3. The van der Waals surface area contributed by atoms with Gasteiger partial charge in [-0.25, -0.2) is 0 Å². The molecule has 2 heteroatoms. The highest BCUT2D eigenvalue weighted by molar-refractivity contribution is 5.87. The van der Waals surface area contributed by atoms with Crippen molar-refractivity contribution < 1.29 is 9.84 Å². The van der Waals surface area contributed by atoms with E-state index in [1.54, 1.807) is 0 Å². The van der Waals surface area contributed by atoms with Gasteiger partial charge in [0, 0.05) is 5.56 Å². The van der Waals surface area contributed by atoms with Crippen LogP contribution < -0.4 is 4.74 Å². The maximum Gasteiger partial charge on any atom is 0.125 e. The van der Waals surface area contributed by atoms with Crippen molar-refractivity contribution in [3.63, 3.8) is 0 Å². The topological polar surface area (TPSA) is 29.5 Å². The summed E-state index contributed by atoms with van der Waals surface area (Å²) >= 11 is 0. The first kappa shape index (κ1) is 12.5. The van der Waals surface area contributed by atoms with E-state index in [1.807, 2.05) is 18.2 Å². The molecular weight excluding hydrogens is 236 g/mol. The third-order valence-electron chi connectivity index (χ3n) is 4.00. The molecule has 1 fully saturated rings. The zero-order chi connectivity index (χ0) is 13.1. The summed E-state index contributed by atoms with van der Waals surface area (Å²) in [5.41, 5.74) is 0.920. The summed E-state index contributed by atoms with van der Waals surface area (Å²) in [6.07, 6.45) is 6.43. The molecule has 0 aromatic heterocycles. The van der Waals surface area contributed by atoms with Gasteiger partial charge >= 0.3 is 0 Å². The first-order valence-corrected chi connectivity index (χ1v) is 7.16. The van der Waals surface area contributed by atoms with Gasteiger partial charge in [-0.15, -0.1) is 0 Å². The van der Waals surface area contributed by atoms with E-state index in [0.717, 1.165) is 34.9 Å². The van der Waals surface area contributed by atoms with Crippen molar-refractivity contribution in [1.29, 1.82) is 0 Å². The Morgan fingerprint density at radius 3 is 2.58 bits per heavy atom. The number of hydrogen-bond acceptors (Lipinski definition) is 2. The fourth-order valence-electron chi connectivity index (χ4n) is 2.95. The molecule has 1 saturated carbocycles. The Morgan fingerprint density at radius 2 is 1.79 bits per heavy atom. The molecule has 0 heterocycles. The minimum absolute atomic E-state index is 0.0312. The quantitative estimate of drug-likeness (QED) is 0.898. The van der Waals surface area contributed by atoms with Crippen LogP contribution in [0.15, 0.2) is 36.4 Å². The van der Waals surface area contributed by atoms with Crippen molar-refractivity contribution >= 4 is 10.8 Å². The maximum atomic E-state index is 9.67. The average Bonchev–Trinajstić information content (AvgIpc) is 2.48. The molecular formula is C17H20O2. The van der Waals surface area contributed by atoms with Crippen LogP contribution in [0.4, 0.5) is 0 Å². The van der Waals surface area contributed by atoms with Gasteiger partial charge in [0.15, 0.2) is 0 Å². The Morgan fingerprint density at radius 1 is 1.00 bits per heavy atom. The van der Waals surface area contributed by atoms with Gasteiger partial charge in [0.05, 0.1) is 12.7 Å². The number of aliphatic hydroxyl groups excluding tert-OH is 1. The van der Waals surface area contributed by atoms with Crippen LogP contribution in [-0.2, 0) is 6.61 Å². The summed E-state index contributed by atoms with van der Waals surface area (Å²) in [6.45, 7) is 0.0312. The van der Waals surface area contributed by atoms with E-state index in [-0.39, 0.29) is 6.61 Å². The van der Waals surface area contributed by atoms with Gasteiger partial charge in [0.25, 0.3) is 0 Å². The minimum atomic E-state index is 0.0312. The molecule has 0 aliphatic heterocycles. The lowest BCUT2D eigenvalue weighted by Gasteiger charge is -2.24. The van der Waals surface area contributed by atoms with E-state index in [0.29, 0.717) is 6.10 Å². The second-order valence-corrected chi connectivity index (χ2v) is 5.30. The molecule has 0 bridgehead atoms. The summed E-state index contributed by atoms with van der Waals surface area (Å²) in [6, 6.07) is 12.2.